The average Bonchev–Trinajstić information content (AvgIpc) is 2.77. The lowest BCUT2D eigenvalue weighted by Gasteiger charge is -2.36. The molecule has 1 fully saturated rings. The second kappa shape index (κ2) is 10.5. The molecule has 0 unspecified atom stereocenters. The normalized spacial score (nSPS) is 16.4. The molecule has 1 aliphatic rings. The van der Waals surface area contributed by atoms with Gasteiger partial charge < -0.3 is 10.1 Å². The lowest BCUT2D eigenvalue weighted by Crippen LogP contribution is -2.48. The zero-order valence-electron chi connectivity index (χ0n) is 19.1. The van der Waals surface area contributed by atoms with Crippen LogP contribution in [0.1, 0.15) is 48.9 Å². The number of hydrogen-bond acceptors (Lipinski definition) is 4. The number of carbonyl (C=O) groups is 1. The summed E-state index contributed by atoms with van der Waals surface area (Å²) in [7, 11) is -3.58. The molecule has 1 saturated heterocycles. The van der Waals surface area contributed by atoms with Gasteiger partial charge in [-0.25, -0.2) is 13.1 Å². The van der Waals surface area contributed by atoms with Gasteiger partial charge in [-0.1, -0.05) is 42.5 Å². The Morgan fingerprint density at radius 1 is 1.06 bits per heavy atom. The molecule has 186 valence electrons. The zero-order chi connectivity index (χ0) is 25.0. The summed E-state index contributed by atoms with van der Waals surface area (Å²) >= 11 is 0. The summed E-state index contributed by atoms with van der Waals surface area (Å²) in [5.74, 6) is -0.655. The molecule has 0 bridgehead atoms. The van der Waals surface area contributed by atoms with Crippen molar-refractivity contribution in [2.45, 2.75) is 56.6 Å². The van der Waals surface area contributed by atoms with E-state index in [1.54, 1.807) is 38.1 Å². The molecule has 0 radical (unpaired) electrons. The van der Waals surface area contributed by atoms with E-state index >= 15 is 0 Å². The Kier molecular flexibility index (Phi) is 8.05. The molecule has 1 amide bonds. The third-order valence-electron chi connectivity index (χ3n) is 5.84. The van der Waals surface area contributed by atoms with Crippen molar-refractivity contribution in [3.8, 4) is 0 Å². The number of hydrogen-bond donors (Lipinski definition) is 2. The van der Waals surface area contributed by atoms with Gasteiger partial charge in [-0.3, -0.25) is 4.79 Å². The first-order valence-electron chi connectivity index (χ1n) is 11.0. The van der Waals surface area contributed by atoms with E-state index in [1.807, 2.05) is 0 Å². The SMILES string of the molecule is CC(C)NS(=O)(=O)Cc1ccccc1CNC(=O)C1(c2cccc(C(F)(F)F)c2)CCOCC1. The standard InChI is InChI=1S/C24H29F3N2O4S/c1-17(2)29-34(31,32)16-19-7-4-3-6-18(19)15-28-22(30)23(10-12-33-13-11-23)20-8-5-9-21(14-20)24(25,26)27/h3-9,14,17,29H,10-13,15-16H2,1-2H3,(H,28,30). The van der Waals surface area contributed by atoms with E-state index in [0.29, 0.717) is 16.7 Å². The summed E-state index contributed by atoms with van der Waals surface area (Å²) in [6, 6.07) is 11.5. The molecule has 0 spiro atoms. The molecule has 0 aliphatic carbocycles. The van der Waals surface area contributed by atoms with E-state index in [4.69, 9.17) is 4.74 Å². The molecule has 1 aliphatic heterocycles. The molecule has 0 saturated carbocycles. The third kappa shape index (κ3) is 6.37. The Labute approximate surface area is 197 Å². The number of ether oxygens (including phenoxy) is 1. The second-order valence-corrected chi connectivity index (χ2v) is 10.5. The Balaban J connectivity index is 1.84. The fourth-order valence-electron chi connectivity index (χ4n) is 4.18. The third-order valence-corrected chi connectivity index (χ3v) is 7.36. The van der Waals surface area contributed by atoms with Gasteiger partial charge in [0.2, 0.25) is 15.9 Å². The summed E-state index contributed by atoms with van der Waals surface area (Å²) in [6.07, 6.45) is -4.03. The van der Waals surface area contributed by atoms with Crippen molar-refractivity contribution in [3.05, 3.63) is 70.8 Å². The Hall–Kier alpha value is -2.43. The number of halogens is 3. The molecule has 2 aromatic carbocycles. The van der Waals surface area contributed by atoms with Gasteiger partial charge in [0.1, 0.15) is 0 Å². The van der Waals surface area contributed by atoms with Gasteiger partial charge in [0.15, 0.2) is 0 Å². The molecule has 6 nitrogen and oxygen atoms in total. The second-order valence-electron chi connectivity index (χ2n) is 8.76. The van der Waals surface area contributed by atoms with Crippen molar-refractivity contribution >= 4 is 15.9 Å². The fourth-order valence-corrected chi connectivity index (χ4v) is 5.67. The number of sulfonamides is 1. The van der Waals surface area contributed by atoms with Crippen LogP contribution in [0.5, 0.6) is 0 Å². The van der Waals surface area contributed by atoms with Crippen LogP contribution in [0, 0.1) is 0 Å². The topological polar surface area (TPSA) is 84.5 Å². The van der Waals surface area contributed by atoms with Gasteiger partial charge >= 0.3 is 6.18 Å². The summed E-state index contributed by atoms with van der Waals surface area (Å²) in [4.78, 5) is 13.4. The van der Waals surface area contributed by atoms with Crippen LogP contribution in [0.2, 0.25) is 0 Å². The summed E-state index contributed by atoms with van der Waals surface area (Å²) in [6.45, 7) is 4.00. The van der Waals surface area contributed by atoms with Crippen LogP contribution in [0.25, 0.3) is 0 Å². The highest BCUT2D eigenvalue weighted by Gasteiger charge is 2.43. The minimum absolute atomic E-state index is 0.0494. The molecular weight excluding hydrogens is 469 g/mol. The Morgan fingerprint density at radius 2 is 1.71 bits per heavy atom. The summed E-state index contributed by atoms with van der Waals surface area (Å²) in [5.41, 5.74) is -0.524. The van der Waals surface area contributed by atoms with Crippen molar-refractivity contribution in [1.82, 2.24) is 10.0 Å². The minimum atomic E-state index is -4.52. The first-order valence-corrected chi connectivity index (χ1v) is 12.7. The predicted molar refractivity (Wildman–Crippen MR) is 122 cm³/mol. The van der Waals surface area contributed by atoms with E-state index in [0.717, 1.165) is 12.1 Å². The average molecular weight is 499 g/mol. The quantitative estimate of drug-likeness (QED) is 0.578. The van der Waals surface area contributed by atoms with E-state index < -0.39 is 33.1 Å². The molecule has 3 rings (SSSR count). The monoisotopic (exact) mass is 498 g/mol. The van der Waals surface area contributed by atoms with Crippen LogP contribution in [-0.4, -0.2) is 33.6 Å². The van der Waals surface area contributed by atoms with Gasteiger partial charge in [0, 0.05) is 25.8 Å². The first-order chi connectivity index (χ1) is 15.9. The van der Waals surface area contributed by atoms with Crippen LogP contribution >= 0.6 is 0 Å². The Bertz CT molecular complexity index is 1110. The molecule has 0 atom stereocenters. The van der Waals surface area contributed by atoms with E-state index in [-0.39, 0.29) is 44.4 Å². The molecule has 2 aromatic rings. The summed E-state index contributed by atoms with van der Waals surface area (Å²) in [5, 5.41) is 2.84. The van der Waals surface area contributed by atoms with Gasteiger partial charge in [-0.05, 0) is 49.4 Å². The maximum absolute atomic E-state index is 13.4. The highest BCUT2D eigenvalue weighted by Crippen LogP contribution is 2.38. The molecule has 2 N–H and O–H groups in total. The van der Waals surface area contributed by atoms with Crippen LogP contribution in [0.3, 0.4) is 0 Å². The number of carbonyl (C=O) groups excluding carboxylic acids is 1. The van der Waals surface area contributed by atoms with Crippen molar-refractivity contribution in [2.75, 3.05) is 13.2 Å². The lowest BCUT2D eigenvalue weighted by molar-refractivity contribution is -0.138. The van der Waals surface area contributed by atoms with Crippen molar-refractivity contribution in [2.24, 2.45) is 0 Å². The van der Waals surface area contributed by atoms with Crippen molar-refractivity contribution < 1.29 is 31.1 Å². The van der Waals surface area contributed by atoms with E-state index in [1.165, 1.54) is 12.1 Å². The van der Waals surface area contributed by atoms with Crippen molar-refractivity contribution in [3.63, 3.8) is 0 Å². The predicted octanol–water partition coefficient (Wildman–Crippen LogP) is 3.90. The molecule has 10 heteroatoms. The number of nitrogens with one attached hydrogen (secondary N) is 2. The maximum atomic E-state index is 13.4. The van der Waals surface area contributed by atoms with Gasteiger partial charge in [-0.2, -0.15) is 13.2 Å². The first kappa shape index (κ1) is 26.2. The maximum Gasteiger partial charge on any atom is 0.416 e. The molecular formula is C24H29F3N2O4S. The van der Waals surface area contributed by atoms with Crippen LogP contribution in [0.4, 0.5) is 13.2 Å². The van der Waals surface area contributed by atoms with Crippen LogP contribution < -0.4 is 10.0 Å². The largest absolute Gasteiger partial charge is 0.416 e. The van der Waals surface area contributed by atoms with Gasteiger partial charge in [0.25, 0.3) is 0 Å². The molecule has 1 heterocycles. The van der Waals surface area contributed by atoms with Crippen LogP contribution in [-0.2, 0) is 43.4 Å². The van der Waals surface area contributed by atoms with Gasteiger partial charge in [-0.15, -0.1) is 0 Å². The fraction of sp³-hybridized carbons (Fsp3) is 0.458. The smallest absolute Gasteiger partial charge is 0.381 e. The number of rotatable bonds is 8. The number of amides is 1. The summed E-state index contributed by atoms with van der Waals surface area (Å²) < 4.78 is 72.6. The Morgan fingerprint density at radius 3 is 2.32 bits per heavy atom. The van der Waals surface area contributed by atoms with E-state index in [2.05, 4.69) is 10.0 Å². The lowest BCUT2D eigenvalue weighted by atomic mass is 9.73. The zero-order valence-corrected chi connectivity index (χ0v) is 19.9. The highest BCUT2D eigenvalue weighted by molar-refractivity contribution is 7.88. The highest BCUT2D eigenvalue weighted by atomic mass is 32.2. The minimum Gasteiger partial charge on any atom is -0.381 e. The molecule has 34 heavy (non-hydrogen) atoms. The molecule has 0 aromatic heterocycles. The van der Waals surface area contributed by atoms with E-state index in [9.17, 15) is 26.4 Å². The van der Waals surface area contributed by atoms with Crippen LogP contribution in [0.15, 0.2) is 48.5 Å². The van der Waals surface area contributed by atoms with Crippen molar-refractivity contribution in [1.29, 1.82) is 0 Å². The van der Waals surface area contributed by atoms with Gasteiger partial charge in [0.05, 0.1) is 16.7 Å². The number of benzene rings is 2. The number of alkyl halides is 3.